The van der Waals surface area contributed by atoms with Gasteiger partial charge in [-0.15, -0.1) is 0 Å². The first-order valence-corrected chi connectivity index (χ1v) is 7.84. The predicted octanol–water partition coefficient (Wildman–Crippen LogP) is 1.78. The van der Waals surface area contributed by atoms with Crippen LogP contribution in [-0.4, -0.2) is 48.4 Å². The molecule has 0 aromatic carbocycles. The highest BCUT2D eigenvalue weighted by Crippen LogP contribution is 2.14. The summed E-state index contributed by atoms with van der Waals surface area (Å²) in [4.78, 5) is 11.4. The average Bonchev–Trinajstić information content (AvgIpc) is 2.28. The Kier molecular flexibility index (Phi) is 7.45. The van der Waals surface area contributed by atoms with Crippen LogP contribution in [0.2, 0.25) is 6.04 Å². The van der Waals surface area contributed by atoms with E-state index in [0.717, 1.165) is 0 Å². The van der Waals surface area contributed by atoms with Gasteiger partial charge in [0.25, 0.3) is 0 Å². The topological polar surface area (TPSA) is 66.0 Å². The number of rotatable bonds is 7. The lowest BCUT2D eigenvalue weighted by Crippen LogP contribution is -2.43. The lowest BCUT2D eigenvalue weighted by Gasteiger charge is -2.24. The van der Waals surface area contributed by atoms with Gasteiger partial charge in [-0.05, 0) is 27.2 Å². The molecule has 1 amide bonds. The molecule has 0 saturated carbocycles. The normalized spacial score (nSPS) is 12.3. The molecule has 0 saturated heterocycles. The van der Waals surface area contributed by atoms with E-state index >= 15 is 0 Å². The first-order valence-electron chi connectivity index (χ1n) is 5.91. The van der Waals surface area contributed by atoms with E-state index in [9.17, 15) is 4.79 Å². The van der Waals surface area contributed by atoms with Crippen molar-refractivity contribution in [2.45, 2.75) is 38.8 Å². The molecule has 0 radical (unpaired) electrons. The van der Waals surface area contributed by atoms with Crippen molar-refractivity contribution >= 4 is 14.9 Å². The van der Waals surface area contributed by atoms with Crippen molar-refractivity contribution in [3.05, 3.63) is 0 Å². The minimum Gasteiger partial charge on any atom is -0.444 e. The summed E-state index contributed by atoms with van der Waals surface area (Å²) in [6.07, 6.45) is 0.295. The lowest BCUT2D eigenvalue weighted by atomic mass is 10.2. The molecule has 0 aliphatic carbocycles. The zero-order valence-corrected chi connectivity index (χ0v) is 13.2. The zero-order valence-electron chi connectivity index (χ0n) is 12.2. The highest BCUT2D eigenvalue weighted by Gasteiger charge is 2.36. The molecule has 0 aliphatic heterocycles. The Morgan fingerprint density at radius 3 is 2.00 bits per heavy atom. The Morgan fingerprint density at radius 2 is 1.61 bits per heavy atom. The largest absolute Gasteiger partial charge is 0.500 e. The Bertz CT molecular complexity index is 242. The third-order valence-corrected chi connectivity index (χ3v) is 5.09. The fourth-order valence-corrected chi connectivity index (χ4v) is 3.09. The van der Waals surface area contributed by atoms with Crippen molar-refractivity contribution in [3.8, 4) is 0 Å². The van der Waals surface area contributed by atoms with E-state index in [-0.39, 0.29) is 0 Å². The third-order valence-electron chi connectivity index (χ3n) is 2.26. The summed E-state index contributed by atoms with van der Waals surface area (Å²) in [7, 11) is 2.18. The smallest absolute Gasteiger partial charge is 0.444 e. The molecule has 18 heavy (non-hydrogen) atoms. The second-order valence-corrected chi connectivity index (χ2v) is 7.92. The number of hydrogen-bond acceptors (Lipinski definition) is 5. The second-order valence-electron chi connectivity index (χ2n) is 4.83. The van der Waals surface area contributed by atoms with Gasteiger partial charge in [0.05, 0.1) is 0 Å². The second kappa shape index (κ2) is 7.73. The van der Waals surface area contributed by atoms with E-state index in [1.165, 1.54) is 0 Å². The van der Waals surface area contributed by atoms with Crippen LogP contribution in [0.5, 0.6) is 0 Å². The molecule has 0 aliphatic rings. The summed E-state index contributed by atoms with van der Waals surface area (Å²) in [5.74, 6) is 0. The number of hydrogen-bond donors (Lipinski definition) is 1. The molecule has 0 spiro atoms. The molecule has 1 N–H and O–H groups in total. The SMILES string of the molecule is CO[Si](CCCNC(=O)OC(C)(C)C)(OC)OC. The van der Waals surface area contributed by atoms with Crippen LogP contribution in [0, 0.1) is 0 Å². The first kappa shape index (κ1) is 17.4. The third kappa shape index (κ3) is 6.95. The van der Waals surface area contributed by atoms with Crippen LogP contribution < -0.4 is 5.32 Å². The molecule has 0 aromatic rings. The van der Waals surface area contributed by atoms with Gasteiger partial charge in [-0.1, -0.05) is 0 Å². The van der Waals surface area contributed by atoms with Gasteiger partial charge in [0.15, 0.2) is 0 Å². The van der Waals surface area contributed by atoms with Crippen LogP contribution in [0.3, 0.4) is 0 Å². The van der Waals surface area contributed by atoms with Crippen LogP contribution in [-0.2, 0) is 18.0 Å². The highest BCUT2D eigenvalue weighted by atomic mass is 28.4. The van der Waals surface area contributed by atoms with Crippen molar-refractivity contribution in [3.63, 3.8) is 0 Å². The van der Waals surface area contributed by atoms with Crippen LogP contribution in [0.4, 0.5) is 4.79 Å². The monoisotopic (exact) mass is 279 g/mol. The molecule has 0 rings (SSSR count). The van der Waals surface area contributed by atoms with Gasteiger partial charge in [-0.3, -0.25) is 0 Å². The lowest BCUT2D eigenvalue weighted by molar-refractivity contribution is 0.0525. The minimum absolute atomic E-state index is 0.415. The Morgan fingerprint density at radius 1 is 1.11 bits per heavy atom. The summed E-state index contributed by atoms with van der Waals surface area (Å²) >= 11 is 0. The van der Waals surface area contributed by atoms with Crippen LogP contribution >= 0.6 is 0 Å². The quantitative estimate of drug-likeness (QED) is 0.568. The fourth-order valence-electron chi connectivity index (χ4n) is 1.37. The summed E-state index contributed by atoms with van der Waals surface area (Å²) < 4.78 is 20.9. The maximum absolute atomic E-state index is 11.4. The number of carbonyl (C=O) groups is 1. The van der Waals surface area contributed by atoms with Gasteiger partial charge in [-0.25, -0.2) is 4.79 Å². The molecule has 0 aromatic heterocycles. The molecule has 0 unspecified atom stereocenters. The van der Waals surface area contributed by atoms with Crippen molar-refractivity contribution < 1.29 is 22.8 Å². The van der Waals surface area contributed by atoms with Gasteiger partial charge in [-0.2, -0.15) is 0 Å². The van der Waals surface area contributed by atoms with E-state index in [2.05, 4.69) is 5.32 Å². The van der Waals surface area contributed by atoms with Gasteiger partial charge in [0.2, 0.25) is 0 Å². The number of carbonyl (C=O) groups excluding carboxylic acids is 1. The first-order chi connectivity index (χ1) is 8.28. The van der Waals surface area contributed by atoms with Crippen LogP contribution in [0.1, 0.15) is 27.2 Å². The van der Waals surface area contributed by atoms with Crippen molar-refractivity contribution in [2.24, 2.45) is 0 Å². The molecule has 0 fully saturated rings. The number of nitrogens with one attached hydrogen (secondary N) is 1. The number of ether oxygens (including phenoxy) is 1. The summed E-state index contributed by atoms with van der Waals surface area (Å²) in [6.45, 7) is 5.97. The molecule has 108 valence electrons. The Balaban J connectivity index is 3.89. The molecule has 6 nitrogen and oxygen atoms in total. The molecule has 0 heterocycles. The fraction of sp³-hybridized carbons (Fsp3) is 0.909. The Labute approximate surface area is 110 Å². The summed E-state index contributed by atoms with van der Waals surface area (Å²) in [5, 5.41) is 2.68. The number of amides is 1. The van der Waals surface area contributed by atoms with Crippen molar-refractivity contribution in [1.29, 1.82) is 0 Å². The van der Waals surface area contributed by atoms with E-state index < -0.39 is 20.5 Å². The maximum atomic E-state index is 11.4. The average molecular weight is 279 g/mol. The van der Waals surface area contributed by atoms with Gasteiger partial charge in [0, 0.05) is 33.9 Å². The summed E-state index contributed by atoms with van der Waals surface area (Å²) in [6, 6.07) is 0.645. The maximum Gasteiger partial charge on any atom is 0.500 e. The van der Waals surface area contributed by atoms with E-state index in [0.29, 0.717) is 19.0 Å². The van der Waals surface area contributed by atoms with Crippen LogP contribution in [0.25, 0.3) is 0 Å². The van der Waals surface area contributed by atoms with Crippen molar-refractivity contribution in [1.82, 2.24) is 5.32 Å². The van der Waals surface area contributed by atoms with E-state index in [1.807, 2.05) is 20.8 Å². The Hall–Kier alpha value is -0.633. The minimum atomic E-state index is -2.53. The predicted molar refractivity (Wildman–Crippen MR) is 70.4 cm³/mol. The van der Waals surface area contributed by atoms with Gasteiger partial charge < -0.3 is 23.3 Å². The van der Waals surface area contributed by atoms with Gasteiger partial charge >= 0.3 is 14.9 Å². The molecule has 0 atom stereocenters. The molecular formula is C11H25NO5Si. The highest BCUT2D eigenvalue weighted by molar-refractivity contribution is 6.60. The molecular weight excluding hydrogens is 254 g/mol. The van der Waals surface area contributed by atoms with E-state index in [4.69, 9.17) is 18.0 Å². The standard InChI is InChI=1S/C11H25NO5Si/c1-11(2,3)17-10(13)12-8-7-9-18(14-4,15-5)16-6/h7-9H2,1-6H3,(H,12,13). The van der Waals surface area contributed by atoms with Crippen molar-refractivity contribution in [2.75, 3.05) is 27.9 Å². The number of alkyl carbamates (subject to hydrolysis) is 1. The molecule has 0 bridgehead atoms. The zero-order chi connectivity index (χ0) is 14.2. The van der Waals surface area contributed by atoms with E-state index in [1.54, 1.807) is 21.3 Å². The molecule has 7 heteroatoms. The van der Waals surface area contributed by atoms with Gasteiger partial charge in [0.1, 0.15) is 5.60 Å². The van der Waals surface area contributed by atoms with Crippen LogP contribution in [0.15, 0.2) is 0 Å². The summed E-state index contributed by atoms with van der Waals surface area (Å²) in [5.41, 5.74) is -0.478.